The molecule has 242 valence electrons. The van der Waals surface area contributed by atoms with Crippen molar-refractivity contribution in [1.29, 1.82) is 5.26 Å². The minimum absolute atomic E-state index is 0.0968. The Labute approximate surface area is 267 Å². The molecule has 2 atom stereocenters. The number of benzene rings is 2. The minimum Gasteiger partial charge on any atom is -0.486 e. The number of methoxy groups -OCH3 is 1. The first-order valence-corrected chi connectivity index (χ1v) is 15.5. The number of nitrogens with one attached hydrogen (secondary N) is 2. The molecule has 13 nitrogen and oxygen atoms in total. The normalized spacial score (nSPS) is 20.5. The van der Waals surface area contributed by atoms with Crippen LogP contribution in [-0.4, -0.2) is 122 Å². The van der Waals surface area contributed by atoms with Crippen molar-refractivity contribution in [3.8, 4) is 23.2 Å². The number of rotatable bonds is 10. The average Bonchev–Trinajstić information content (AvgIpc) is 3.06. The van der Waals surface area contributed by atoms with Crippen LogP contribution in [0.1, 0.15) is 12.0 Å². The Morgan fingerprint density at radius 1 is 1.11 bits per heavy atom. The Morgan fingerprint density at radius 2 is 1.91 bits per heavy atom. The molecule has 0 aliphatic carbocycles. The number of carbonyl (C=O) groups excluding carboxylic acids is 1. The first-order chi connectivity index (χ1) is 22.5. The lowest BCUT2D eigenvalue weighted by molar-refractivity contribution is -0.0660. The summed E-state index contributed by atoms with van der Waals surface area (Å²) in [6, 6.07) is 15.5. The van der Waals surface area contributed by atoms with Crippen LogP contribution in [0.3, 0.4) is 0 Å². The van der Waals surface area contributed by atoms with Crippen LogP contribution in [0.5, 0.6) is 5.75 Å². The largest absolute Gasteiger partial charge is 0.486 e. The number of urea groups is 1. The third-order valence-electron chi connectivity index (χ3n) is 8.50. The molecule has 0 radical (unpaired) electrons. The van der Waals surface area contributed by atoms with Gasteiger partial charge in [0.1, 0.15) is 24.3 Å². The van der Waals surface area contributed by atoms with E-state index < -0.39 is 12.3 Å². The van der Waals surface area contributed by atoms with Crippen molar-refractivity contribution in [2.24, 2.45) is 0 Å². The van der Waals surface area contributed by atoms with Crippen LogP contribution in [0, 0.1) is 11.3 Å². The number of anilines is 3. The first-order valence-electron chi connectivity index (χ1n) is 15.5. The monoisotopic (exact) mass is 631 g/mol. The first kappa shape index (κ1) is 31.4. The molecule has 3 saturated heterocycles. The molecule has 0 saturated carbocycles. The fraction of sp³-hybridized carbons (Fsp3) is 0.469. The second kappa shape index (κ2) is 14.7. The summed E-state index contributed by atoms with van der Waals surface area (Å²) < 4.78 is 31.2. The van der Waals surface area contributed by atoms with Crippen molar-refractivity contribution in [3.63, 3.8) is 0 Å². The van der Waals surface area contributed by atoms with Gasteiger partial charge in [-0.25, -0.2) is 19.2 Å². The smallest absolute Gasteiger partial charge is 0.317 e. The zero-order chi connectivity index (χ0) is 31.9. The molecule has 3 aromatic rings. The van der Waals surface area contributed by atoms with Crippen molar-refractivity contribution in [3.05, 3.63) is 54.4 Å². The van der Waals surface area contributed by atoms with E-state index in [0.717, 1.165) is 45.1 Å². The highest BCUT2D eigenvalue weighted by Gasteiger charge is 2.33. The van der Waals surface area contributed by atoms with Crippen LogP contribution in [0.2, 0.25) is 0 Å². The summed E-state index contributed by atoms with van der Waals surface area (Å²) in [5.74, 6) is 1.01. The lowest BCUT2D eigenvalue weighted by Crippen LogP contribution is -2.56. The molecule has 46 heavy (non-hydrogen) atoms. The summed E-state index contributed by atoms with van der Waals surface area (Å²) in [4.78, 5) is 31.7. The number of likely N-dealkylation sites (tertiary alicyclic amines) is 1. The molecule has 3 fully saturated rings. The van der Waals surface area contributed by atoms with Crippen molar-refractivity contribution >= 4 is 23.4 Å². The van der Waals surface area contributed by atoms with Gasteiger partial charge in [-0.05, 0) is 42.5 Å². The van der Waals surface area contributed by atoms with Crippen LogP contribution < -0.4 is 20.3 Å². The standard InChI is InChI=1S/C32H38FN9O4/c1-44-15-9-35-32(43)42-10-8-29(27(33)18-42)46-28-7-2-22(16-23(28)17-34)30-36-21-37-31(39-30)38-24-3-5-25(6-4-24)40-11-13-41(14-12-40)26-19-45-20-26/h2-7,16,21,26-27,29H,8-15,18-20H2,1H3,(H,35,43)(H,36,37,38,39)/t27-,29?/m1/s1. The summed E-state index contributed by atoms with van der Waals surface area (Å²) in [5, 5.41) is 15.8. The van der Waals surface area contributed by atoms with Gasteiger partial charge in [-0.3, -0.25) is 4.90 Å². The minimum atomic E-state index is -1.41. The molecular formula is C32H38FN9O4. The molecule has 2 amide bonds. The van der Waals surface area contributed by atoms with E-state index in [1.165, 1.54) is 16.9 Å². The second-order valence-corrected chi connectivity index (χ2v) is 11.5. The number of ether oxygens (including phenoxy) is 3. The van der Waals surface area contributed by atoms with Gasteiger partial charge in [-0.1, -0.05) is 0 Å². The van der Waals surface area contributed by atoms with Crippen LogP contribution in [0.25, 0.3) is 11.4 Å². The van der Waals surface area contributed by atoms with E-state index in [9.17, 15) is 10.1 Å². The fourth-order valence-corrected chi connectivity index (χ4v) is 5.75. The number of alkyl halides is 1. The molecule has 2 aromatic carbocycles. The highest BCUT2D eigenvalue weighted by molar-refractivity contribution is 5.74. The van der Waals surface area contributed by atoms with Gasteiger partial charge >= 0.3 is 6.03 Å². The van der Waals surface area contributed by atoms with Crippen molar-refractivity contribution in [2.45, 2.75) is 24.7 Å². The topological polar surface area (TPSA) is 141 Å². The number of piperazine rings is 1. The van der Waals surface area contributed by atoms with Crippen LogP contribution in [-0.2, 0) is 9.47 Å². The Bertz CT molecular complexity index is 1530. The molecule has 4 heterocycles. The highest BCUT2D eigenvalue weighted by atomic mass is 19.1. The van der Waals surface area contributed by atoms with Gasteiger partial charge in [-0.2, -0.15) is 10.2 Å². The van der Waals surface area contributed by atoms with E-state index in [1.807, 2.05) is 12.1 Å². The Morgan fingerprint density at radius 3 is 2.61 bits per heavy atom. The maximum Gasteiger partial charge on any atom is 0.317 e. The number of piperidine rings is 1. The Balaban J connectivity index is 1.05. The number of carbonyl (C=O) groups is 1. The fourth-order valence-electron chi connectivity index (χ4n) is 5.75. The van der Waals surface area contributed by atoms with Gasteiger partial charge in [0.2, 0.25) is 5.95 Å². The van der Waals surface area contributed by atoms with E-state index >= 15 is 4.39 Å². The molecule has 0 spiro atoms. The number of nitriles is 1. The Hall–Kier alpha value is -4.58. The lowest BCUT2D eigenvalue weighted by atomic mass is 10.1. The number of aromatic nitrogens is 3. The van der Waals surface area contributed by atoms with E-state index in [2.05, 4.69) is 53.6 Å². The van der Waals surface area contributed by atoms with Gasteiger partial charge in [0.15, 0.2) is 12.0 Å². The number of nitrogens with zero attached hydrogens (tertiary/aromatic N) is 7. The molecule has 1 aromatic heterocycles. The van der Waals surface area contributed by atoms with E-state index in [1.54, 1.807) is 25.3 Å². The van der Waals surface area contributed by atoms with E-state index in [0.29, 0.717) is 49.5 Å². The summed E-state index contributed by atoms with van der Waals surface area (Å²) in [7, 11) is 1.54. The average molecular weight is 632 g/mol. The third kappa shape index (κ3) is 7.44. The number of hydrogen-bond donors (Lipinski definition) is 2. The van der Waals surface area contributed by atoms with Crippen LogP contribution in [0.4, 0.5) is 26.5 Å². The predicted molar refractivity (Wildman–Crippen MR) is 169 cm³/mol. The summed E-state index contributed by atoms with van der Waals surface area (Å²) in [6.45, 7) is 6.69. The molecular weight excluding hydrogens is 593 g/mol. The van der Waals surface area contributed by atoms with Crippen molar-refractivity contribution in [2.75, 3.05) is 83.0 Å². The summed E-state index contributed by atoms with van der Waals surface area (Å²) in [6.07, 6.45) is -0.485. The number of hydrogen-bond acceptors (Lipinski definition) is 11. The van der Waals surface area contributed by atoms with E-state index in [4.69, 9.17) is 14.2 Å². The predicted octanol–water partition coefficient (Wildman–Crippen LogP) is 2.82. The molecule has 14 heteroatoms. The molecule has 3 aliphatic heterocycles. The highest BCUT2D eigenvalue weighted by Crippen LogP contribution is 2.29. The summed E-state index contributed by atoms with van der Waals surface area (Å²) in [5.41, 5.74) is 2.84. The van der Waals surface area contributed by atoms with Crippen LogP contribution in [0.15, 0.2) is 48.8 Å². The molecule has 3 aliphatic rings. The molecule has 0 bridgehead atoms. The quantitative estimate of drug-likeness (QED) is 0.319. The van der Waals surface area contributed by atoms with Crippen molar-refractivity contribution in [1.82, 2.24) is 30.1 Å². The van der Waals surface area contributed by atoms with Crippen LogP contribution >= 0.6 is 0 Å². The van der Waals surface area contributed by atoms with Gasteiger partial charge in [0, 0.05) is 69.7 Å². The van der Waals surface area contributed by atoms with Gasteiger partial charge in [0.25, 0.3) is 0 Å². The van der Waals surface area contributed by atoms with Gasteiger partial charge in [-0.15, -0.1) is 0 Å². The number of amides is 2. The zero-order valence-corrected chi connectivity index (χ0v) is 25.8. The third-order valence-corrected chi connectivity index (χ3v) is 8.50. The Kier molecular flexibility index (Phi) is 10.0. The lowest BCUT2D eigenvalue weighted by Gasteiger charge is -2.43. The molecule has 1 unspecified atom stereocenters. The SMILES string of the molecule is COCCNC(=O)N1CCC(Oc2ccc(-c3ncnc(Nc4ccc(N5CCN(C6COC6)CC5)cc4)n3)cc2C#N)[C@H](F)C1. The zero-order valence-electron chi connectivity index (χ0n) is 25.8. The van der Waals surface area contributed by atoms with Crippen molar-refractivity contribution < 1.29 is 23.4 Å². The molecule has 6 rings (SSSR count). The maximum absolute atomic E-state index is 15.0. The van der Waals surface area contributed by atoms with E-state index in [-0.39, 0.29) is 23.9 Å². The molecule has 2 N–H and O–H groups in total. The van der Waals surface area contributed by atoms with Gasteiger partial charge in [0.05, 0.1) is 38.0 Å². The summed E-state index contributed by atoms with van der Waals surface area (Å²) >= 11 is 0. The number of halogens is 1. The maximum atomic E-state index is 15.0. The van der Waals surface area contributed by atoms with Gasteiger partial charge < -0.3 is 34.6 Å². The second-order valence-electron chi connectivity index (χ2n) is 11.5.